The van der Waals surface area contributed by atoms with Crippen LogP contribution in [0.25, 0.3) is 0 Å². The van der Waals surface area contributed by atoms with Crippen LogP contribution < -0.4 is 5.32 Å². The first kappa shape index (κ1) is 15.7. The Morgan fingerprint density at radius 2 is 2.20 bits per heavy atom. The number of hydrogen-bond acceptors (Lipinski definition) is 2. The van der Waals surface area contributed by atoms with Crippen LogP contribution in [0.3, 0.4) is 0 Å². The normalized spacial score (nSPS) is 18.0. The summed E-state index contributed by atoms with van der Waals surface area (Å²) in [5.74, 6) is 0.462. The molecular weight excluding hydrogens is 277 g/mol. The van der Waals surface area contributed by atoms with Gasteiger partial charge >= 0.3 is 0 Å². The molecule has 1 N–H and O–H groups in total. The van der Waals surface area contributed by atoms with Crippen molar-refractivity contribution in [2.24, 2.45) is 11.3 Å². The Bertz CT molecular complexity index is 450. The van der Waals surface area contributed by atoms with E-state index in [0.29, 0.717) is 5.02 Å². The van der Waals surface area contributed by atoms with E-state index >= 15 is 0 Å². The van der Waals surface area contributed by atoms with Gasteiger partial charge in [-0.1, -0.05) is 24.6 Å². The number of rotatable bonds is 8. The summed E-state index contributed by atoms with van der Waals surface area (Å²) in [7, 11) is 1.71. The van der Waals surface area contributed by atoms with Gasteiger partial charge in [0.25, 0.3) is 0 Å². The summed E-state index contributed by atoms with van der Waals surface area (Å²) in [4.78, 5) is 0. The van der Waals surface area contributed by atoms with Crippen LogP contribution in [0, 0.1) is 17.2 Å². The fraction of sp³-hybridized carbons (Fsp3) is 0.625. The Labute approximate surface area is 125 Å². The summed E-state index contributed by atoms with van der Waals surface area (Å²) in [6, 6.07) is 4.71. The molecule has 20 heavy (non-hydrogen) atoms. The van der Waals surface area contributed by atoms with E-state index in [9.17, 15) is 4.39 Å². The smallest absolute Gasteiger partial charge is 0.124 e. The maximum atomic E-state index is 13.1. The maximum absolute atomic E-state index is 13.1. The Kier molecular flexibility index (Phi) is 5.42. The van der Waals surface area contributed by atoms with Gasteiger partial charge in [-0.05, 0) is 48.3 Å². The second-order valence-electron chi connectivity index (χ2n) is 6.01. The van der Waals surface area contributed by atoms with Gasteiger partial charge in [0.1, 0.15) is 5.82 Å². The molecule has 0 saturated heterocycles. The standard InChI is InChI=1S/C16H23ClFNO/c1-16(13-4-5-13,11-19-7-8-20-2)10-12-3-6-14(18)9-15(12)17/h3,6,9,13,19H,4-5,7-8,10-11H2,1-2H3. The summed E-state index contributed by atoms with van der Waals surface area (Å²) in [6.07, 6.45) is 3.44. The van der Waals surface area contributed by atoms with Crippen molar-refractivity contribution in [1.82, 2.24) is 5.32 Å². The number of benzene rings is 1. The molecule has 1 aliphatic rings. The van der Waals surface area contributed by atoms with Crippen LogP contribution in [-0.4, -0.2) is 26.8 Å². The molecule has 0 amide bonds. The molecule has 0 bridgehead atoms. The van der Waals surface area contributed by atoms with Gasteiger partial charge in [0.05, 0.1) is 6.61 Å². The van der Waals surface area contributed by atoms with E-state index in [1.54, 1.807) is 7.11 Å². The lowest BCUT2D eigenvalue weighted by Crippen LogP contribution is -2.37. The fourth-order valence-corrected chi connectivity index (χ4v) is 3.01. The minimum absolute atomic E-state index is 0.176. The van der Waals surface area contributed by atoms with E-state index in [4.69, 9.17) is 16.3 Å². The SMILES string of the molecule is COCCNCC(C)(Cc1ccc(F)cc1Cl)C1CC1. The zero-order valence-corrected chi connectivity index (χ0v) is 13.0. The van der Waals surface area contributed by atoms with Crippen molar-refractivity contribution < 1.29 is 9.13 Å². The molecular formula is C16H23ClFNO. The first-order chi connectivity index (χ1) is 9.55. The van der Waals surface area contributed by atoms with Crippen molar-refractivity contribution in [2.45, 2.75) is 26.2 Å². The Morgan fingerprint density at radius 3 is 2.80 bits per heavy atom. The zero-order valence-electron chi connectivity index (χ0n) is 12.2. The largest absolute Gasteiger partial charge is 0.383 e. The molecule has 0 heterocycles. The third kappa shape index (κ3) is 4.18. The van der Waals surface area contributed by atoms with Gasteiger partial charge in [-0.3, -0.25) is 0 Å². The second-order valence-corrected chi connectivity index (χ2v) is 6.42. The molecule has 112 valence electrons. The van der Waals surface area contributed by atoms with Crippen LogP contribution in [0.4, 0.5) is 4.39 Å². The molecule has 1 aromatic carbocycles. The predicted molar refractivity (Wildman–Crippen MR) is 80.7 cm³/mol. The number of halogens is 2. The topological polar surface area (TPSA) is 21.3 Å². The molecule has 4 heteroatoms. The van der Waals surface area contributed by atoms with Crippen molar-refractivity contribution in [3.63, 3.8) is 0 Å². The van der Waals surface area contributed by atoms with E-state index in [0.717, 1.165) is 37.6 Å². The molecule has 1 atom stereocenters. The summed E-state index contributed by atoms with van der Waals surface area (Å²) < 4.78 is 18.2. The molecule has 2 nitrogen and oxygen atoms in total. The molecule has 1 saturated carbocycles. The highest BCUT2D eigenvalue weighted by atomic mass is 35.5. The summed E-state index contributed by atoms with van der Waals surface area (Å²) >= 11 is 6.16. The van der Waals surface area contributed by atoms with Gasteiger partial charge in [-0.15, -0.1) is 0 Å². The lowest BCUT2D eigenvalue weighted by molar-refractivity contribution is 0.187. The summed E-state index contributed by atoms with van der Waals surface area (Å²) in [5, 5.41) is 3.99. The molecule has 1 unspecified atom stereocenters. The van der Waals surface area contributed by atoms with E-state index < -0.39 is 0 Å². The fourth-order valence-electron chi connectivity index (χ4n) is 2.78. The van der Waals surface area contributed by atoms with Crippen LogP contribution in [0.15, 0.2) is 18.2 Å². The Hall–Kier alpha value is -0.640. The lowest BCUT2D eigenvalue weighted by Gasteiger charge is -2.31. The molecule has 0 spiro atoms. The van der Waals surface area contributed by atoms with Gasteiger partial charge in [-0.25, -0.2) is 4.39 Å². The summed E-state index contributed by atoms with van der Waals surface area (Å²) in [5.41, 5.74) is 1.21. The van der Waals surface area contributed by atoms with Gasteiger partial charge < -0.3 is 10.1 Å². The zero-order chi connectivity index (χ0) is 14.6. The van der Waals surface area contributed by atoms with E-state index in [1.807, 2.05) is 6.07 Å². The van der Waals surface area contributed by atoms with Crippen LogP contribution in [0.2, 0.25) is 5.02 Å². The average Bonchev–Trinajstić information content (AvgIpc) is 3.23. The molecule has 0 radical (unpaired) electrons. The molecule has 1 aliphatic carbocycles. The van der Waals surface area contributed by atoms with E-state index in [1.165, 1.54) is 25.0 Å². The second kappa shape index (κ2) is 6.88. The number of ether oxygens (including phenoxy) is 1. The predicted octanol–water partition coefficient (Wildman–Crippen LogP) is 3.67. The van der Waals surface area contributed by atoms with Crippen LogP contribution in [0.5, 0.6) is 0 Å². The third-order valence-electron chi connectivity index (χ3n) is 4.18. The Balaban J connectivity index is 2.00. The quantitative estimate of drug-likeness (QED) is 0.740. The summed E-state index contributed by atoms with van der Waals surface area (Å²) in [6.45, 7) is 4.81. The monoisotopic (exact) mass is 299 g/mol. The number of methoxy groups -OCH3 is 1. The Morgan fingerprint density at radius 1 is 1.45 bits per heavy atom. The van der Waals surface area contributed by atoms with Crippen molar-refractivity contribution in [3.8, 4) is 0 Å². The third-order valence-corrected chi connectivity index (χ3v) is 4.54. The highest BCUT2D eigenvalue weighted by Crippen LogP contribution is 2.47. The molecule has 0 aromatic heterocycles. The van der Waals surface area contributed by atoms with Gasteiger partial charge in [0.2, 0.25) is 0 Å². The minimum Gasteiger partial charge on any atom is -0.383 e. The average molecular weight is 300 g/mol. The van der Waals surface area contributed by atoms with E-state index in [2.05, 4.69) is 12.2 Å². The highest BCUT2D eigenvalue weighted by molar-refractivity contribution is 6.31. The molecule has 1 fully saturated rings. The van der Waals surface area contributed by atoms with Gasteiger partial charge in [0.15, 0.2) is 0 Å². The minimum atomic E-state index is -0.273. The van der Waals surface area contributed by atoms with Crippen LogP contribution >= 0.6 is 11.6 Å². The van der Waals surface area contributed by atoms with Crippen molar-refractivity contribution in [2.75, 3.05) is 26.8 Å². The molecule has 2 rings (SSSR count). The van der Waals surface area contributed by atoms with Crippen LogP contribution in [-0.2, 0) is 11.2 Å². The van der Waals surface area contributed by atoms with Gasteiger partial charge in [-0.2, -0.15) is 0 Å². The van der Waals surface area contributed by atoms with Crippen molar-refractivity contribution in [3.05, 3.63) is 34.6 Å². The van der Waals surface area contributed by atoms with Gasteiger partial charge in [0, 0.05) is 25.2 Å². The molecule has 0 aliphatic heterocycles. The van der Waals surface area contributed by atoms with Crippen LogP contribution in [0.1, 0.15) is 25.3 Å². The maximum Gasteiger partial charge on any atom is 0.124 e. The first-order valence-electron chi connectivity index (χ1n) is 7.19. The van der Waals surface area contributed by atoms with Crippen molar-refractivity contribution >= 4 is 11.6 Å². The van der Waals surface area contributed by atoms with E-state index in [-0.39, 0.29) is 11.2 Å². The number of nitrogens with one attached hydrogen (secondary N) is 1. The lowest BCUT2D eigenvalue weighted by atomic mass is 9.79. The first-order valence-corrected chi connectivity index (χ1v) is 7.56. The highest BCUT2D eigenvalue weighted by Gasteiger charge is 2.41. The molecule has 1 aromatic rings. The number of hydrogen-bond donors (Lipinski definition) is 1. The van der Waals surface area contributed by atoms with Crippen molar-refractivity contribution in [1.29, 1.82) is 0 Å².